The molecule has 2 heterocycles. The van der Waals surface area contributed by atoms with E-state index in [1.807, 2.05) is 12.1 Å². The maximum absolute atomic E-state index is 12.7. The van der Waals surface area contributed by atoms with Crippen LogP contribution in [0, 0.1) is 0 Å². The normalized spacial score (nSPS) is 14.9. The molecule has 3 aromatic rings. The van der Waals surface area contributed by atoms with Crippen LogP contribution in [0.5, 0.6) is 0 Å². The monoisotopic (exact) mass is 437 g/mol. The Morgan fingerprint density at radius 3 is 2.52 bits per heavy atom. The molecular weight excluding hydrogens is 414 g/mol. The third-order valence-electron chi connectivity index (χ3n) is 5.45. The second kappa shape index (κ2) is 9.27. The number of nitrogens with zero attached hydrogens (tertiary/aromatic N) is 1. The van der Waals surface area contributed by atoms with E-state index in [2.05, 4.69) is 34.6 Å². The fraction of sp³-hybridized carbons (Fsp3) is 0.250. The number of hydrogen-bond acceptors (Lipinski definition) is 4. The number of amides is 2. The minimum atomic E-state index is -0.218. The second-order valence-electron chi connectivity index (χ2n) is 7.59. The number of rotatable bonds is 7. The van der Waals surface area contributed by atoms with Gasteiger partial charge in [0.1, 0.15) is 5.76 Å². The van der Waals surface area contributed by atoms with Gasteiger partial charge in [-0.2, -0.15) is 0 Å². The summed E-state index contributed by atoms with van der Waals surface area (Å²) in [6, 6.07) is 17.0. The van der Waals surface area contributed by atoms with Crippen LogP contribution in [0.4, 0.5) is 5.69 Å². The van der Waals surface area contributed by atoms with E-state index < -0.39 is 0 Å². The minimum Gasteiger partial charge on any atom is -0.467 e. The van der Waals surface area contributed by atoms with Gasteiger partial charge in [0.05, 0.1) is 18.4 Å². The molecule has 0 fully saturated rings. The van der Waals surface area contributed by atoms with Crippen molar-refractivity contribution in [1.29, 1.82) is 0 Å². The molecule has 0 radical (unpaired) electrons. The van der Waals surface area contributed by atoms with Gasteiger partial charge in [-0.15, -0.1) is 0 Å². The Labute approximate surface area is 186 Å². The van der Waals surface area contributed by atoms with Crippen LogP contribution in [-0.2, 0) is 13.0 Å². The van der Waals surface area contributed by atoms with Crippen molar-refractivity contribution in [3.63, 3.8) is 0 Å². The number of fused-ring (bicyclic) bond motifs is 1. The van der Waals surface area contributed by atoms with Crippen molar-refractivity contribution < 1.29 is 14.0 Å². The first-order valence-electron chi connectivity index (χ1n) is 10.3. The van der Waals surface area contributed by atoms with Gasteiger partial charge >= 0.3 is 0 Å². The number of nitrogens with one attached hydrogen (secondary N) is 2. The number of anilines is 1. The molecule has 0 aliphatic carbocycles. The number of furan rings is 1. The molecule has 7 heteroatoms. The highest BCUT2D eigenvalue weighted by Gasteiger charge is 2.27. The van der Waals surface area contributed by atoms with Gasteiger partial charge in [0, 0.05) is 35.4 Å². The lowest BCUT2D eigenvalue weighted by Gasteiger charge is -2.24. The van der Waals surface area contributed by atoms with Gasteiger partial charge in [0.2, 0.25) is 0 Å². The largest absolute Gasteiger partial charge is 0.467 e. The van der Waals surface area contributed by atoms with Crippen LogP contribution in [0.15, 0.2) is 65.3 Å². The van der Waals surface area contributed by atoms with Crippen molar-refractivity contribution in [1.82, 2.24) is 10.6 Å². The van der Waals surface area contributed by atoms with Crippen LogP contribution in [0.1, 0.15) is 39.0 Å². The van der Waals surface area contributed by atoms with Crippen LogP contribution >= 0.6 is 11.6 Å². The molecule has 2 aromatic carbocycles. The van der Waals surface area contributed by atoms with E-state index in [0.717, 1.165) is 6.42 Å². The van der Waals surface area contributed by atoms with Gasteiger partial charge in [-0.3, -0.25) is 9.59 Å². The predicted molar refractivity (Wildman–Crippen MR) is 121 cm³/mol. The van der Waals surface area contributed by atoms with Crippen molar-refractivity contribution in [3.05, 3.63) is 88.3 Å². The molecule has 4 rings (SSSR count). The Morgan fingerprint density at radius 2 is 1.74 bits per heavy atom. The zero-order chi connectivity index (χ0) is 21.8. The van der Waals surface area contributed by atoms with E-state index in [0.29, 0.717) is 47.6 Å². The summed E-state index contributed by atoms with van der Waals surface area (Å²) in [6.45, 7) is 3.33. The lowest BCUT2D eigenvalue weighted by molar-refractivity contribution is 0.0926. The fourth-order valence-corrected chi connectivity index (χ4v) is 3.97. The average molecular weight is 438 g/mol. The van der Waals surface area contributed by atoms with E-state index >= 15 is 0 Å². The average Bonchev–Trinajstić information content (AvgIpc) is 3.36. The van der Waals surface area contributed by atoms with Crippen LogP contribution in [0.25, 0.3) is 0 Å². The van der Waals surface area contributed by atoms with Gasteiger partial charge in [0.15, 0.2) is 0 Å². The van der Waals surface area contributed by atoms with E-state index in [1.165, 1.54) is 11.3 Å². The van der Waals surface area contributed by atoms with E-state index in [4.69, 9.17) is 16.0 Å². The molecule has 0 spiro atoms. The van der Waals surface area contributed by atoms with Crippen LogP contribution in [0.2, 0.25) is 5.02 Å². The molecule has 0 saturated heterocycles. The molecule has 1 aliphatic heterocycles. The predicted octanol–water partition coefficient (Wildman–Crippen LogP) is 4.04. The quantitative estimate of drug-likeness (QED) is 0.547. The van der Waals surface area contributed by atoms with Gasteiger partial charge in [-0.05, 0) is 55.3 Å². The molecule has 1 atom stereocenters. The molecular formula is C24H24ClN3O3. The standard InChI is InChI=1S/C24H24ClN3O3/c1-16-14-18-4-2-3-5-21(18)28(16)15-22-20(10-13-31-22)24(30)27-12-11-26-23(29)17-6-8-19(25)9-7-17/h2-10,13,16H,11-12,14-15H2,1H3,(H,26,29)(H,27,30). The number of halogens is 1. The highest BCUT2D eigenvalue weighted by atomic mass is 35.5. The Kier molecular flexibility index (Phi) is 6.28. The number of carbonyl (C=O) groups is 2. The topological polar surface area (TPSA) is 74.6 Å². The van der Waals surface area contributed by atoms with Gasteiger partial charge in [0.25, 0.3) is 11.8 Å². The summed E-state index contributed by atoms with van der Waals surface area (Å²) in [6.07, 6.45) is 2.52. The lowest BCUT2D eigenvalue weighted by atomic mass is 10.1. The Bertz CT molecular complexity index is 1080. The van der Waals surface area contributed by atoms with Crippen molar-refractivity contribution in [3.8, 4) is 0 Å². The molecule has 6 nitrogen and oxygen atoms in total. The summed E-state index contributed by atoms with van der Waals surface area (Å²) >= 11 is 5.84. The minimum absolute atomic E-state index is 0.211. The first kappa shape index (κ1) is 21.0. The molecule has 160 valence electrons. The Morgan fingerprint density at radius 1 is 1.03 bits per heavy atom. The summed E-state index contributed by atoms with van der Waals surface area (Å²) in [4.78, 5) is 27.0. The lowest BCUT2D eigenvalue weighted by Crippen LogP contribution is -2.35. The van der Waals surface area contributed by atoms with E-state index in [9.17, 15) is 9.59 Å². The van der Waals surface area contributed by atoms with E-state index in [1.54, 1.807) is 36.6 Å². The summed E-state index contributed by atoms with van der Waals surface area (Å²) in [7, 11) is 0. The molecule has 31 heavy (non-hydrogen) atoms. The van der Waals surface area contributed by atoms with E-state index in [-0.39, 0.29) is 11.8 Å². The molecule has 1 aromatic heterocycles. The van der Waals surface area contributed by atoms with Crippen molar-refractivity contribution in [2.75, 3.05) is 18.0 Å². The summed E-state index contributed by atoms with van der Waals surface area (Å²) in [5.41, 5.74) is 3.53. The smallest absolute Gasteiger partial charge is 0.254 e. The number of carbonyl (C=O) groups excluding carboxylic acids is 2. The second-order valence-corrected chi connectivity index (χ2v) is 8.02. The molecule has 1 aliphatic rings. The number of hydrogen-bond donors (Lipinski definition) is 2. The molecule has 0 saturated carbocycles. The van der Waals surface area contributed by atoms with Crippen molar-refractivity contribution in [2.45, 2.75) is 25.9 Å². The molecule has 2 N–H and O–H groups in total. The highest BCUT2D eigenvalue weighted by Crippen LogP contribution is 2.33. The van der Waals surface area contributed by atoms with Gasteiger partial charge < -0.3 is 20.0 Å². The first-order chi connectivity index (χ1) is 15.0. The fourth-order valence-electron chi connectivity index (χ4n) is 3.84. The zero-order valence-electron chi connectivity index (χ0n) is 17.2. The maximum Gasteiger partial charge on any atom is 0.254 e. The van der Waals surface area contributed by atoms with Gasteiger partial charge in [-0.1, -0.05) is 29.8 Å². The molecule has 1 unspecified atom stereocenters. The van der Waals surface area contributed by atoms with Crippen LogP contribution in [-0.4, -0.2) is 30.9 Å². The number of benzene rings is 2. The Hall–Kier alpha value is -3.25. The summed E-state index contributed by atoms with van der Waals surface area (Å²) < 4.78 is 5.64. The maximum atomic E-state index is 12.7. The van der Waals surface area contributed by atoms with Crippen molar-refractivity contribution >= 4 is 29.1 Å². The molecule has 2 amide bonds. The first-order valence-corrected chi connectivity index (χ1v) is 10.6. The third-order valence-corrected chi connectivity index (χ3v) is 5.71. The summed E-state index contributed by atoms with van der Waals surface area (Å²) in [5.74, 6) is 0.201. The SMILES string of the molecule is CC1Cc2ccccc2N1Cc1occc1C(=O)NCCNC(=O)c1ccc(Cl)cc1. The highest BCUT2D eigenvalue weighted by molar-refractivity contribution is 6.30. The van der Waals surface area contributed by atoms with Gasteiger partial charge in [-0.25, -0.2) is 0 Å². The molecule has 0 bridgehead atoms. The number of para-hydroxylation sites is 1. The zero-order valence-corrected chi connectivity index (χ0v) is 18.0. The van der Waals surface area contributed by atoms with Crippen LogP contribution in [0.3, 0.4) is 0 Å². The van der Waals surface area contributed by atoms with Crippen molar-refractivity contribution in [2.24, 2.45) is 0 Å². The summed E-state index contributed by atoms with van der Waals surface area (Å²) in [5, 5.41) is 6.20. The third kappa shape index (κ3) is 4.75. The Balaban J connectivity index is 1.31. The van der Waals surface area contributed by atoms with Crippen LogP contribution < -0.4 is 15.5 Å².